The molecule has 1 aliphatic heterocycles. The van der Waals surface area contributed by atoms with Crippen LogP contribution in [0.25, 0.3) is 0 Å². The Morgan fingerprint density at radius 3 is 3.15 bits per heavy atom. The Morgan fingerprint density at radius 1 is 1.50 bits per heavy atom. The number of hydrogen-bond donors (Lipinski definition) is 1. The first-order valence-corrected chi connectivity index (χ1v) is 7.18. The molecule has 1 aromatic carbocycles. The van der Waals surface area contributed by atoms with Crippen LogP contribution < -0.4 is 10.2 Å². The third kappa shape index (κ3) is 2.24. The van der Waals surface area contributed by atoms with Crippen LogP contribution in [0.15, 0.2) is 18.2 Å². The number of halogens is 1. The lowest BCUT2D eigenvalue weighted by molar-refractivity contribution is 0.0988. The Bertz CT molecular complexity index is 658. The summed E-state index contributed by atoms with van der Waals surface area (Å²) in [6.45, 7) is 3.22. The number of benzene rings is 1. The first-order valence-electron chi connectivity index (χ1n) is 6.36. The molecule has 0 saturated heterocycles. The van der Waals surface area contributed by atoms with E-state index in [2.05, 4.69) is 15.5 Å². The van der Waals surface area contributed by atoms with Crippen molar-refractivity contribution in [3.8, 4) is 0 Å². The van der Waals surface area contributed by atoms with Gasteiger partial charge in [-0.05, 0) is 31.0 Å². The number of carbonyl (C=O) groups excluding carboxylic acids is 1. The predicted molar refractivity (Wildman–Crippen MR) is 75.9 cm³/mol. The summed E-state index contributed by atoms with van der Waals surface area (Å²) in [5, 5.41) is 11.8. The maximum atomic E-state index is 13.3. The number of aromatic nitrogens is 2. The molecule has 1 aromatic heterocycles. The zero-order valence-electron chi connectivity index (χ0n) is 10.9. The molecule has 0 radical (unpaired) electrons. The molecule has 0 unspecified atom stereocenters. The highest BCUT2D eigenvalue weighted by molar-refractivity contribution is 7.17. The molecule has 3 rings (SSSR count). The van der Waals surface area contributed by atoms with Crippen molar-refractivity contribution in [3.05, 3.63) is 34.6 Å². The zero-order chi connectivity index (χ0) is 14.1. The van der Waals surface area contributed by atoms with Crippen LogP contribution >= 0.6 is 11.3 Å². The molecule has 1 aliphatic rings. The van der Waals surface area contributed by atoms with Crippen molar-refractivity contribution in [2.75, 3.05) is 23.3 Å². The van der Waals surface area contributed by atoms with E-state index in [0.717, 1.165) is 18.5 Å². The molecule has 5 nitrogen and oxygen atoms in total. The fraction of sp³-hybridized carbons (Fsp3) is 0.308. The lowest BCUT2D eigenvalue weighted by atomic mass is 10.2. The summed E-state index contributed by atoms with van der Waals surface area (Å²) in [5.41, 5.74) is 1.62. The molecule has 0 atom stereocenters. The number of rotatable bonds is 3. The normalized spacial score (nSPS) is 13.4. The molecule has 0 saturated carbocycles. The van der Waals surface area contributed by atoms with E-state index in [4.69, 9.17) is 0 Å². The van der Waals surface area contributed by atoms with E-state index in [1.807, 2.05) is 6.92 Å². The maximum Gasteiger partial charge on any atom is 0.289 e. The second-order valence-corrected chi connectivity index (χ2v) is 5.40. The van der Waals surface area contributed by atoms with Gasteiger partial charge in [-0.1, -0.05) is 17.4 Å². The maximum absolute atomic E-state index is 13.3. The minimum Gasteiger partial charge on any atom is -0.360 e. The molecule has 0 fully saturated rings. The fourth-order valence-corrected chi connectivity index (χ4v) is 2.97. The van der Waals surface area contributed by atoms with Crippen molar-refractivity contribution in [2.24, 2.45) is 0 Å². The van der Waals surface area contributed by atoms with Gasteiger partial charge >= 0.3 is 0 Å². The average molecular weight is 292 g/mol. The molecule has 2 heterocycles. The number of fused-ring (bicyclic) bond motifs is 1. The Kier molecular flexibility index (Phi) is 3.35. The summed E-state index contributed by atoms with van der Waals surface area (Å²) < 4.78 is 13.3. The van der Waals surface area contributed by atoms with Gasteiger partial charge in [-0.2, -0.15) is 0 Å². The van der Waals surface area contributed by atoms with Crippen LogP contribution in [0.3, 0.4) is 0 Å². The Hall–Kier alpha value is -2.02. The van der Waals surface area contributed by atoms with Gasteiger partial charge in [-0.25, -0.2) is 4.39 Å². The molecular weight excluding hydrogens is 279 g/mol. The molecule has 0 bridgehead atoms. The zero-order valence-corrected chi connectivity index (χ0v) is 11.7. The van der Waals surface area contributed by atoms with Gasteiger partial charge < -0.3 is 10.2 Å². The number of carbonyl (C=O) groups is 1. The minimum absolute atomic E-state index is 0.226. The predicted octanol–water partition coefficient (Wildman–Crippen LogP) is 2.31. The van der Waals surface area contributed by atoms with Crippen LogP contribution in [0.5, 0.6) is 0 Å². The van der Waals surface area contributed by atoms with Crippen molar-refractivity contribution < 1.29 is 9.18 Å². The van der Waals surface area contributed by atoms with E-state index in [9.17, 15) is 9.18 Å². The number of amides is 1. The lowest BCUT2D eigenvalue weighted by Crippen LogP contribution is -2.28. The van der Waals surface area contributed by atoms with E-state index < -0.39 is 0 Å². The lowest BCUT2D eigenvalue weighted by Gasteiger charge is -2.15. The van der Waals surface area contributed by atoms with Gasteiger partial charge in [0.25, 0.3) is 5.91 Å². The summed E-state index contributed by atoms with van der Waals surface area (Å²) in [4.78, 5) is 14.0. The number of nitrogens with one attached hydrogen (secondary N) is 1. The summed E-state index contributed by atoms with van der Waals surface area (Å²) in [6.07, 6.45) is 0.736. The second-order valence-electron chi connectivity index (χ2n) is 4.42. The van der Waals surface area contributed by atoms with Crippen LogP contribution in [-0.4, -0.2) is 29.2 Å². The van der Waals surface area contributed by atoms with E-state index in [0.29, 0.717) is 22.4 Å². The minimum atomic E-state index is -0.339. The van der Waals surface area contributed by atoms with Crippen LogP contribution in [0.2, 0.25) is 0 Å². The van der Waals surface area contributed by atoms with Crippen LogP contribution in [0.4, 0.5) is 15.2 Å². The van der Waals surface area contributed by atoms with Crippen molar-refractivity contribution in [2.45, 2.75) is 13.3 Å². The van der Waals surface area contributed by atoms with Gasteiger partial charge in [-0.15, -0.1) is 10.2 Å². The van der Waals surface area contributed by atoms with Crippen molar-refractivity contribution in [1.29, 1.82) is 0 Å². The molecule has 0 aliphatic carbocycles. The van der Waals surface area contributed by atoms with E-state index in [-0.39, 0.29) is 11.7 Å². The number of hydrogen-bond acceptors (Lipinski definition) is 5. The van der Waals surface area contributed by atoms with Gasteiger partial charge in [0.15, 0.2) is 0 Å². The topological polar surface area (TPSA) is 58.1 Å². The van der Waals surface area contributed by atoms with Gasteiger partial charge in [0.2, 0.25) is 10.1 Å². The molecule has 104 valence electrons. The summed E-state index contributed by atoms with van der Waals surface area (Å²) in [7, 11) is 0. The Balaban J connectivity index is 1.87. The summed E-state index contributed by atoms with van der Waals surface area (Å²) in [5.74, 6) is -0.565. The smallest absolute Gasteiger partial charge is 0.289 e. The number of nitrogens with zero attached hydrogens (tertiary/aromatic N) is 3. The number of anilines is 2. The third-order valence-electron chi connectivity index (χ3n) is 3.12. The standard InChI is InChI=1S/C13H13FN4OS/c1-2-15-13-17-16-11(20-13)12(19)18-6-5-8-3-4-9(14)7-10(8)18/h3-4,7H,2,5-6H2,1H3,(H,15,17). The molecule has 0 spiro atoms. The Morgan fingerprint density at radius 2 is 2.35 bits per heavy atom. The first-order chi connectivity index (χ1) is 9.69. The first kappa shape index (κ1) is 13.0. The van der Waals surface area contributed by atoms with Crippen molar-refractivity contribution >= 4 is 28.1 Å². The SMILES string of the molecule is CCNc1nnc(C(=O)N2CCc3ccc(F)cc32)s1. The molecular formula is C13H13FN4OS. The Labute approximate surface area is 119 Å². The van der Waals surface area contributed by atoms with E-state index in [1.54, 1.807) is 11.0 Å². The summed E-state index contributed by atoms with van der Waals surface area (Å²) in [6, 6.07) is 4.54. The van der Waals surface area contributed by atoms with Crippen molar-refractivity contribution in [3.63, 3.8) is 0 Å². The highest BCUT2D eigenvalue weighted by atomic mass is 32.1. The largest absolute Gasteiger partial charge is 0.360 e. The molecule has 7 heteroatoms. The van der Waals surface area contributed by atoms with Gasteiger partial charge in [0, 0.05) is 13.1 Å². The molecule has 2 aromatic rings. The highest BCUT2D eigenvalue weighted by Gasteiger charge is 2.28. The highest BCUT2D eigenvalue weighted by Crippen LogP contribution is 2.30. The fourth-order valence-electron chi connectivity index (χ4n) is 2.21. The third-order valence-corrected chi connectivity index (χ3v) is 3.99. The van der Waals surface area contributed by atoms with E-state index >= 15 is 0 Å². The monoisotopic (exact) mass is 292 g/mol. The molecule has 1 amide bonds. The van der Waals surface area contributed by atoms with Gasteiger partial charge in [-0.3, -0.25) is 4.79 Å². The quantitative estimate of drug-likeness (QED) is 0.943. The van der Waals surface area contributed by atoms with Gasteiger partial charge in [0.1, 0.15) is 5.82 Å². The van der Waals surface area contributed by atoms with Gasteiger partial charge in [0.05, 0.1) is 5.69 Å². The molecule has 1 N–H and O–H groups in total. The molecule has 20 heavy (non-hydrogen) atoms. The van der Waals surface area contributed by atoms with E-state index in [1.165, 1.54) is 23.5 Å². The van der Waals surface area contributed by atoms with Crippen molar-refractivity contribution in [1.82, 2.24) is 10.2 Å². The van der Waals surface area contributed by atoms with Crippen LogP contribution in [0.1, 0.15) is 22.3 Å². The van der Waals surface area contributed by atoms with Crippen LogP contribution in [0, 0.1) is 5.82 Å². The second kappa shape index (κ2) is 5.16. The van der Waals surface area contributed by atoms with Crippen LogP contribution in [-0.2, 0) is 6.42 Å². The average Bonchev–Trinajstić information content (AvgIpc) is 3.05. The summed E-state index contributed by atoms with van der Waals surface area (Å²) >= 11 is 1.21.